The Bertz CT molecular complexity index is 418. The van der Waals surface area contributed by atoms with Crippen LogP contribution in [-0.4, -0.2) is 23.7 Å². The van der Waals surface area contributed by atoms with Crippen LogP contribution in [0.4, 0.5) is 4.39 Å². The zero-order valence-corrected chi connectivity index (χ0v) is 11.0. The molecule has 0 heterocycles. The van der Waals surface area contributed by atoms with Gasteiger partial charge in [0.25, 0.3) is 0 Å². The molecule has 0 saturated heterocycles. The summed E-state index contributed by atoms with van der Waals surface area (Å²) in [6, 6.07) is 6.15. The van der Waals surface area contributed by atoms with Crippen LogP contribution in [0.25, 0.3) is 0 Å². The summed E-state index contributed by atoms with van der Waals surface area (Å²) in [5.41, 5.74) is -0.562. The van der Waals surface area contributed by atoms with E-state index in [1.807, 2.05) is 6.92 Å². The molecule has 18 heavy (non-hydrogen) atoms. The SMILES string of the molecule is CC(CCO)NC(=O)C(C)(C)c1ccccc1F. The Hall–Kier alpha value is -1.42. The molecule has 1 atom stereocenters. The maximum Gasteiger partial charge on any atom is 0.230 e. The van der Waals surface area contributed by atoms with Gasteiger partial charge in [0, 0.05) is 18.2 Å². The van der Waals surface area contributed by atoms with Crippen molar-refractivity contribution in [3.05, 3.63) is 35.6 Å². The van der Waals surface area contributed by atoms with Crippen LogP contribution < -0.4 is 5.32 Å². The normalized spacial score (nSPS) is 13.2. The summed E-state index contributed by atoms with van der Waals surface area (Å²) in [5.74, 6) is -0.624. The molecule has 0 aliphatic heterocycles. The third kappa shape index (κ3) is 3.29. The Labute approximate surface area is 107 Å². The Morgan fingerprint density at radius 3 is 2.61 bits per heavy atom. The maximum atomic E-state index is 13.7. The lowest BCUT2D eigenvalue weighted by atomic mass is 9.83. The van der Waals surface area contributed by atoms with Crippen molar-refractivity contribution < 1.29 is 14.3 Å². The van der Waals surface area contributed by atoms with Gasteiger partial charge in [0.2, 0.25) is 5.91 Å². The Kier molecular flexibility index (Phi) is 4.84. The molecule has 3 nitrogen and oxygen atoms in total. The number of benzene rings is 1. The van der Waals surface area contributed by atoms with Crippen LogP contribution in [0.2, 0.25) is 0 Å². The number of carbonyl (C=O) groups is 1. The van der Waals surface area contributed by atoms with Crippen LogP contribution in [0.15, 0.2) is 24.3 Å². The van der Waals surface area contributed by atoms with E-state index >= 15 is 0 Å². The van der Waals surface area contributed by atoms with Crippen LogP contribution in [0.3, 0.4) is 0 Å². The first-order valence-corrected chi connectivity index (χ1v) is 6.06. The van der Waals surface area contributed by atoms with E-state index in [4.69, 9.17) is 5.11 Å². The summed E-state index contributed by atoms with van der Waals surface area (Å²) >= 11 is 0. The first-order chi connectivity index (χ1) is 8.39. The third-order valence-electron chi connectivity index (χ3n) is 3.05. The van der Waals surface area contributed by atoms with E-state index in [2.05, 4.69) is 5.32 Å². The monoisotopic (exact) mass is 253 g/mol. The van der Waals surface area contributed by atoms with Gasteiger partial charge < -0.3 is 10.4 Å². The fraction of sp³-hybridized carbons (Fsp3) is 0.500. The Balaban J connectivity index is 2.86. The van der Waals surface area contributed by atoms with Gasteiger partial charge in [-0.3, -0.25) is 4.79 Å². The number of nitrogens with one attached hydrogen (secondary N) is 1. The quantitative estimate of drug-likeness (QED) is 0.843. The molecule has 0 fully saturated rings. The second-order valence-electron chi connectivity index (χ2n) is 4.99. The van der Waals surface area contributed by atoms with E-state index in [1.165, 1.54) is 6.07 Å². The van der Waals surface area contributed by atoms with Crippen molar-refractivity contribution in [1.82, 2.24) is 5.32 Å². The van der Waals surface area contributed by atoms with Crippen LogP contribution in [0.5, 0.6) is 0 Å². The average molecular weight is 253 g/mol. The smallest absolute Gasteiger partial charge is 0.230 e. The van der Waals surface area contributed by atoms with Crippen LogP contribution in [-0.2, 0) is 10.2 Å². The molecule has 100 valence electrons. The molecule has 1 unspecified atom stereocenters. The Morgan fingerprint density at radius 1 is 1.44 bits per heavy atom. The van der Waals surface area contributed by atoms with Crippen LogP contribution in [0.1, 0.15) is 32.8 Å². The van der Waals surface area contributed by atoms with Gasteiger partial charge >= 0.3 is 0 Å². The molecule has 0 saturated carbocycles. The highest BCUT2D eigenvalue weighted by Crippen LogP contribution is 2.26. The van der Waals surface area contributed by atoms with E-state index in [0.29, 0.717) is 12.0 Å². The second-order valence-corrected chi connectivity index (χ2v) is 4.99. The lowest BCUT2D eigenvalue weighted by Crippen LogP contribution is -2.44. The van der Waals surface area contributed by atoms with Gasteiger partial charge in [-0.15, -0.1) is 0 Å². The van der Waals surface area contributed by atoms with Gasteiger partial charge in [0.05, 0.1) is 5.41 Å². The highest BCUT2D eigenvalue weighted by molar-refractivity contribution is 5.87. The summed E-state index contributed by atoms with van der Waals surface area (Å²) in [5, 5.41) is 11.6. The number of hydrogen-bond acceptors (Lipinski definition) is 2. The van der Waals surface area contributed by atoms with E-state index < -0.39 is 5.41 Å². The summed E-state index contributed by atoms with van der Waals surface area (Å²) in [6.07, 6.45) is 0.485. The van der Waals surface area contributed by atoms with Crippen LogP contribution >= 0.6 is 0 Å². The first-order valence-electron chi connectivity index (χ1n) is 6.06. The fourth-order valence-corrected chi connectivity index (χ4v) is 1.76. The van der Waals surface area contributed by atoms with Crippen molar-refractivity contribution in [3.8, 4) is 0 Å². The summed E-state index contributed by atoms with van der Waals surface area (Å²) in [4.78, 5) is 12.1. The molecule has 0 bridgehead atoms. The minimum Gasteiger partial charge on any atom is -0.396 e. The number of aliphatic hydroxyl groups excluding tert-OH is 1. The topological polar surface area (TPSA) is 49.3 Å². The molecule has 2 N–H and O–H groups in total. The molecular formula is C14H20FNO2. The lowest BCUT2D eigenvalue weighted by Gasteiger charge is -2.26. The van der Waals surface area contributed by atoms with Gasteiger partial charge in [-0.2, -0.15) is 0 Å². The molecular weight excluding hydrogens is 233 g/mol. The first kappa shape index (κ1) is 14.6. The van der Waals surface area contributed by atoms with E-state index in [1.54, 1.807) is 32.0 Å². The molecule has 0 aromatic heterocycles. The molecule has 1 amide bonds. The highest BCUT2D eigenvalue weighted by atomic mass is 19.1. The minimum absolute atomic E-state index is 0.0154. The molecule has 1 aromatic rings. The molecule has 0 spiro atoms. The van der Waals surface area contributed by atoms with Crippen molar-refractivity contribution in [3.63, 3.8) is 0 Å². The second kappa shape index (κ2) is 5.96. The number of halogens is 1. The summed E-state index contributed by atoms with van der Waals surface area (Å²) in [7, 11) is 0. The van der Waals surface area contributed by atoms with Crippen LogP contribution in [0, 0.1) is 5.82 Å². The molecule has 0 radical (unpaired) electrons. The predicted molar refractivity (Wildman–Crippen MR) is 68.7 cm³/mol. The van der Waals surface area contributed by atoms with Gasteiger partial charge in [0.1, 0.15) is 5.82 Å². The molecule has 4 heteroatoms. The Morgan fingerprint density at radius 2 is 2.06 bits per heavy atom. The van der Waals surface area contributed by atoms with E-state index in [0.717, 1.165) is 0 Å². The van der Waals surface area contributed by atoms with Crippen molar-refractivity contribution in [2.75, 3.05) is 6.61 Å². The zero-order chi connectivity index (χ0) is 13.8. The standard InChI is InChI=1S/C14H20FNO2/c1-10(8-9-17)16-13(18)14(2,3)11-6-4-5-7-12(11)15/h4-7,10,17H,8-9H2,1-3H3,(H,16,18). The lowest BCUT2D eigenvalue weighted by molar-refractivity contribution is -0.126. The van der Waals surface area contributed by atoms with E-state index in [9.17, 15) is 9.18 Å². The van der Waals surface area contributed by atoms with Crippen molar-refractivity contribution in [2.45, 2.75) is 38.6 Å². The van der Waals surface area contributed by atoms with Gasteiger partial charge in [-0.1, -0.05) is 18.2 Å². The minimum atomic E-state index is -0.935. The number of carbonyl (C=O) groups excluding carboxylic acids is 1. The highest BCUT2D eigenvalue weighted by Gasteiger charge is 2.32. The molecule has 0 aliphatic carbocycles. The fourth-order valence-electron chi connectivity index (χ4n) is 1.76. The number of aliphatic hydroxyl groups is 1. The number of amides is 1. The average Bonchev–Trinajstić information content (AvgIpc) is 2.29. The summed E-state index contributed by atoms with van der Waals surface area (Å²) in [6.45, 7) is 5.20. The largest absolute Gasteiger partial charge is 0.396 e. The van der Waals surface area contributed by atoms with Crippen molar-refractivity contribution in [2.24, 2.45) is 0 Å². The van der Waals surface area contributed by atoms with Gasteiger partial charge in [0.15, 0.2) is 0 Å². The van der Waals surface area contributed by atoms with Gasteiger partial charge in [-0.25, -0.2) is 4.39 Å². The number of rotatable bonds is 5. The molecule has 0 aliphatic rings. The predicted octanol–water partition coefficient (Wildman–Crippen LogP) is 1.99. The summed E-state index contributed by atoms with van der Waals surface area (Å²) < 4.78 is 13.7. The number of hydrogen-bond donors (Lipinski definition) is 2. The maximum absolute atomic E-state index is 13.7. The van der Waals surface area contributed by atoms with Crippen molar-refractivity contribution >= 4 is 5.91 Å². The van der Waals surface area contributed by atoms with Crippen molar-refractivity contribution in [1.29, 1.82) is 0 Å². The molecule has 1 aromatic carbocycles. The van der Waals surface area contributed by atoms with Gasteiger partial charge in [-0.05, 0) is 33.3 Å². The third-order valence-corrected chi connectivity index (χ3v) is 3.05. The molecule has 1 rings (SSSR count). The zero-order valence-electron chi connectivity index (χ0n) is 11.0. The van der Waals surface area contributed by atoms with E-state index in [-0.39, 0.29) is 24.4 Å².